The summed E-state index contributed by atoms with van der Waals surface area (Å²) in [4.78, 5) is 28.5. The Kier molecular flexibility index (Phi) is 7.65. The molecule has 0 saturated heterocycles. The fourth-order valence-electron chi connectivity index (χ4n) is 3.92. The lowest BCUT2D eigenvalue weighted by Gasteiger charge is -2.22. The minimum absolute atomic E-state index is 0.0342. The monoisotopic (exact) mass is 410 g/mol. The van der Waals surface area contributed by atoms with Crippen LogP contribution in [0, 0.1) is 12.8 Å². The molecule has 4 N–H and O–H groups in total. The smallest absolute Gasteiger partial charge is 0.312 e. The zero-order valence-electron chi connectivity index (χ0n) is 17.4. The van der Waals surface area contributed by atoms with E-state index in [1.54, 1.807) is 12.3 Å². The quantitative estimate of drug-likeness (QED) is 0.609. The van der Waals surface area contributed by atoms with Gasteiger partial charge in [-0.15, -0.1) is 0 Å². The predicted octanol–water partition coefficient (Wildman–Crippen LogP) is 4.09. The lowest BCUT2D eigenvalue weighted by Crippen LogP contribution is -2.35. The number of rotatable bonds is 8. The number of ether oxygens (including phenoxy) is 1. The zero-order chi connectivity index (χ0) is 21.3. The Morgan fingerprint density at radius 2 is 1.93 bits per heavy atom. The van der Waals surface area contributed by atoms with Crippen molar-refractivity contribution < 1.29 is 14.3 Å². The highest BCUT2D eigenvalue weighted by Crippen LogP contribution is 2.28. The second-order valence-corrected chi connectivity index (χ2v) is 7.84. The number of aromatic nitrogens is 1. The van der Waals surface area contributed by atoms with E-state index in [2.05, 4.69) is 15.6 Å². The average molecular weight is 411 g/mol. The number of nitrogens with zero attached hydrogens (tertiary/aromatic N) is 1. The molecule has 30 heavy (non-hydrogen) atoms. The van der Waals surface area contributed by atoms with Gasteiger partial charge in [-0.25, -0.2) is 9.78 Å². The van der Waals surface area contributed by atoms with Gasteiger partial charge in [0.15, 0.2) is 11.6 Å². The fourth-order valence-corrected chi connectivity index (χ4v) is 3.92. The van der Waals surface area contributed by atoms with Crippen molar-refractivity contribution in [3.8, 4) is 5.75 Å². The standard InChI is InChI=1S/C23H30N4O3/c1-16-8-5-6-11-18(16)19(26-23(24)29)14-21(28)27-22-20(12-7-13-25-22)30-15-17-9-3-2-4-10-17/h5-8,11-13,17,19H,2-4,9-10,14-15H2,1H3,(H3,24,26,29)(H,25,27,28). The van der Waals surface area contributed by atoms with E-state index in [4.69, 9.17) is 10.5 Å². The molecule has 1 saturated carbocycles. The van der Waals surface area contributed by atoms with Crippen molar-refractivity contribution in [3.05, 3.63) is 53.7 Å². The van der Waals surface area contributed by atoms with Gasteiger partial charge in [0.25, 0.3) is 0 Å². The Bertz CT molecular complexity index is 865. The van der Waals surface area contributed by atoms with Crippen LogP contribution in [0.25, 0.3) is 0 Å². The molecular weight excluding hydrogens is 380 g/mol. The van der Waals surface area contributed by atoms with E-state index in [9.17, 15) is 9.59 Å². The van der Waals surface area contributed by atoms with Crippen molar-refractivity contribution in [3.63, 3.8) is 0 Å². The number of urea groups is 1. The molecule has 1 aromatic heterocycles. The topological polar surface area (TPSA) is 106 Å². The summed E-state index contributed by atoms with van der Waals surface area (Å²) in [5, 5.41) is 5.49. The maximum atomic E-state index is 12.7. The summed E-state index contributed by atoms with van der Waals surface area (Å²) >= 11 is 0. The molecule has 1 aromatic carbocycles. The third kappa shape index (κ3) is 6.20. The molecule has 160 valence electrons. The van der Waals surface area contributed by atoms with Crippen molar-refractivity contribution >= 4 is 17.8 Å². The molecular formula is C23H30N4O3. The number of pyridine rings is 1. The highest BCUT2D eigenvalue weighted by atomic mass is 16.5. The van der Waals surface area contributed by atoms with Gasteiger partial charge in [-0.3, -0.25) is 4.79 Å². The van der Waals surface area contributed by atoms with Crippen LogP contribution in [0.2, 0.25) is 0 Å². The van der Waals surface area contributed by atoms with Crippen molar-refractivity contribution in [1.82, 2.24) is 10.3 Å². The van der Waals surface area contributed by atoms with Crippen LogP contribution in [-0.4, -0.2) is 23.5 Å². The van der Waals surface area contributed by atoms with Gasteiger partial charge in [-0.2, -0.15) is 0 Å². The van der Waals surface area contributed by atoms with E-state index in [0.29, 0.717) is 24.1 Å². The Morgan fingerprint density at radius 1 is 1.17 bits per heavy atom. The number of nitrogens with two attached hydrogens (primary N) is 1. The summed E-state index contributed by atoms with van der Waals surface area (Å²) in [6.45, 7) is 2.56. The number of hydrogen-bond acceptors (Lipinski definition) is 4. The largest absolute Gasteiger partial charge is 0.489 e. The molecule has 3 amide bonds. The lowest BCUT2D eigenvalue weighted by molar-refractivity contribution is -0.116. The number of carbonyl (C=O) groups is 2. The third-order valence-electron chi connectivity index (χ3n) is 5.50. The molecule has 0 bridgehead atoms. The summed E-state index contributed by atoms with van der Waals surface area (Å²) in [5.41, 5.74) is 7.15. The van der Waals surface area contributed by atoms with Gasteiger partial charge in [0.2, 0.25) is 5.91 Å². The molecule has 1 aliphatic rings. The highest BCUT2D eigenvalue weighted by molar-refractivity contribution is 5.92. The second kappa shape index (κ2) is 10.6. The van der Waals surface area contributed by atoms with Crippen LogP contribution >= 0.6 is 0 Å². The van der Waals surface area contributed by atoms with E-state index in [0.717, 1.165) is 11.1 Å². The third-order valence-corrected chi connectivity index (χ3v) is 5.50. The number of nitrogens with one attached hydrogen (secondary N) is 2. The first kappa shape index (κ1) is 21.6. The SMILES string of the molecule is Cc1ccccc1C(CC(=O)Nc1ncccc1OCC1CCCCC1)NC(N)=O. The molecule has 1 heterocycles. The number of primary amides is 1. The molecule has 3 rings (SSSR count). The summed E-state index contributed by atoms with van der Waals surface area (Å²) in [7, 11) is 0. The Hall–Kier alpha value is -3.09. The molecule has 7 nitrogen and oxygen atoms in total. The summed E-state index contributed by atoms with van der Waals surface area (Å²) in [6, 6.07) is 9.98. The summed E-state index contributed by atoms with van der Waals surface area (Å²) in [6.07, 6.45) is 7.80. The van der Waals surface area contributed by atoms with Gasteiger partial charge in [-0.1, -0.05) is 43.5 Å². The van der Waals surface area contributed by atoms with Crippen molar-refractivity contribution in [2.75, 3.05) is 11.9 Å². The predicted molar refractivity (Wildman–Crippen MR) is 116 cm³/mol. The van der Waals surface area contributed by atoms with Crippen molar-refractivity contribution in [1.29, 1.82) is 0 Å². The number of hydrogen-bond donors (Lipinski definition) is 3. The first-order valence-corrected chi connectivity index (χ1v) is 10.5. The minimum Gasteiger partial charge on any atom is -0.489 e. The van der Waals surface area contributed by atoms with Gasteiger partial charge < -0.3 is 21.1 Å². The van der Waals surface area contributed by atoms with Gasteiger partial charge in [0.05, 0.1) is 19.1 Å². The van der Waals surface area contributed by atoms with Crippen LogP contribution in [0.3, 0.4) is 0 Å². The van der Waals surface area contributed by atoms with Gasteiger partial charge in [-0.05, 0) is 48.9 Å². The van der Waals surface area contributed by atoms with Crippen LogP contribution in [0.1, 0.15) is 55.7 Å². The Labute approximate surface area is 177 Å². The van der Waals surface area contributed by atoms with E-state index in [-0.39, 0.29) is 12.3 Å². The highest BCUT2D eigenvalue weighted by Gasteiger charge is 2.21. The maximum Gasteiger partial charge on any atom is 0.312 e. The molecule has 0 aliphatic heterocycles. The average Bonchev–Trinajstić information content (AvgIpc) is 2.73. The lowest BCUT2D eigenvalue weighted by atomic mass is 9.90. The number of aryl methyl sites for hydroxylation is 1. The number of anilines is 1. The number of amides is 3. The molecule has 0 spiro atoms. The molecule has 1 unspecified atom stereocenters. The van der Waals surface area contributed by atoms with Crippen LogP contribution in [0.4, 0.5) is 10.6 Å². The van der Waals surface area contributed by atoms with Crippen molar-refractivity contribution in [2.45, 2.75) is 51.5 Å². The van der Waals surface area contributed by atoms with Gasteiger partial charge >= 0.3 is 6.03 Å². The van der Waals surface area contributed by atoms with Gasteiger partial charge in [0, 0.05) is 6.20 Å². The van der Waals surface area contributed by atoms with Crippen LogP contribution in [0.15, 0.2) is 42.6 Å². The van der Waals surface area contributed by atoms with E-state index < -0.39 is 12.1 Å². The summed E-state index contributed by atoms with van der Waals surface area (Å²) < 4.78 is 5.98. The molecule has 2 aromatic rings. The first-order valence-electron chi connectivity index (χ1n) is 10.5. The molecule has 1 aliphatic carbocycles. The van der Waals surface area contributed by atoms with Crippen LogP contribution < -0.4 is 21.1 Å². The summed E-state index contributed by atoms with van der Waals surface area (Å²) in [5.74, 6) is 1.22. The van der Waals surface area contributed by atoms with Crippen LogP contribution in [0.5, 0.6) is 5.75 Å². The molecule has 1 fully saturated rings. The molecule has 7 heteroatoms. The fraction of sp³-hybridized carbons (Fsp3) is 0.435. The Balaban J connectivity index is 1.65. The second-order valence-electron chi connectivity index (χ2n) is 7.84. The van der Waals surface area contributed by atoms with Crippen LogP contribution in [-0.2, 0) is 4.79 Å². The Morgan fingerprint density at radius 3 is 2.67 bits per heavy atom. The minimum atomic E-state index is -0.676. The first-order chi connectivity index (χ1) is 14.5. The maximum absolute atomic E-state index is 12.7. The van der Waals surface area contributed by atoms with E-state index in [1.807, 2.05) is 37.3 Å². The zero-order valence-corrected chi connectivity index (χ0v) is 17.4. The number of benzene rings is 1. The van der Waals surface area contributed by atoms with E-state index in [1.165, 1.54) is 32.1 Å². The normalized spacial score (nSPS) is 15.2. The van der Waals surface area contributed by atoms with E-state index >= 15 is 0 Å². The van der Waals surface area contributed by atoms with Crippen molar-refractivity contribution in [2.24, 2.45) is 11.7 Å². The molecule has 0 radical (unpaired) electrons. The molecule has 1 atom stereocenters. The number of carbonyl (C=O) groups excluding carboxylic acids is 2. The van der Waals surface area contributed by atoms with Gasteiger partial charge in [0.1, 0.15) is 0 Å².